The van der Waals surface area contributed by atoms with Crippen LogP contribution in [0.1, 0.15) is 78.9 Å². The van der Waals surface area contributed by atoms with Gasteiger partial charge in [0.05, 0.1) is 18.8 Å². The smallest absolute Gasteiger partial charge is 0.257 e. The van der Waals surface area contributed by atoms with Gasteiger partial charge in [-0.3, -0.25) is 14.9 Å². The lowest BCUT2D eigenvalue weighted by molar-refractivity contribution is -1.01. The Morgan fingerprint density at radius 3 is 2.54 bits per heavy atom. The van der Waals surface area contributed by atoms with Gasteiger partial charge in [-0.1, -0.05) is 32.9 Å². The van der Waals surface area contributed by atoms with E-state index >= 15 is 0 Å². The fourth-order valence-corrected chi connectivity index (χ4v) is 9.05. The summed E-state index contributed by atoms with van der Waals surface area (Å²) in [6, 6.07) is 8.34. The van der Waals surface area contributed by atoms with Crippen LogP contribution in [-0.2, 0) is 17.8 Å². The molecule has 41 heavy (non-hydrogen) atoms. The van der Waals surface area contributed by atoms with E-state index in [0.29, 0.717) is 16.7 Å². The predicted molar refractivity (Wildman–Crippen MR) is 160 cm³/mol. The van der Waals surface area contributed by atoms with Crippen LogP contribution in [0.25, 0.3) is 0 Å². The molecule has 0 radical (unpaired) electrons. The van der Waals surface area contributed by atoms with Gasteiger partial charge in [-0.15, -0.1) is 11.3 Å². The standard InChI is InChI=1S/C32H45N5O3S/c1-19(29(39)33-23-9-10-23)24-11-12-32(3)17-25-27(20(2)26(32)28(24)38)34-31(41-25)35-30(40)22-7-5-21(6-8-22)18-37-15-13-36(4)14-16-37/h5-8,19-20,23-24,26,28,38H,9-18H2,1-4H3,(H,33,39)(H,34,35,40)/p+2/t19-,20-,24+,26+,28-,32-/m0/s1. The summed E-state index contributed by atoms with van der Waals surface area (Å²) in [6.07, 6.45) is 4.27. The lowest BCUT2D eigenvalue weighted by atomic mass is 9.53. The quantitative estimate of drug-likeness (QED) is 0.340. The Morgan fingerprint density at radius 1 is 1.15 bits per heavy atom. The Hall–Kier alpha value is -2.33. The predicted octanol–water partition coefficient (Wildman–Crippen LogP) is 1.28. The molecule has 6 rings (SSSR count). The van der Waals surface area contributed by atoms with Crippen LogP contribution in [0.3, 0.4) is 0 Å². The fraction of sp³-hybridized carbons (Fsp3) is 0.656. The fourth-order valence-electron chi connectivity index (χ4n) is 7.79. The number of rotatable bonds is 7. The summed E-state index contributed by atoms with van der Waals surface area (Å²) in [4.78, 5) is 35.3. The maximum absolute atomic E-state index is 13.1. The van der Waals surface area contributed by atoms with Crippen molar-refractivity contribution < 1.29 is 24.5 Å². The Labute approximate surface area is 247 Å². The first-order valence-corrected chi connectivity index (χ1v) is 16.5. The lowest BCUT2D eigenvalue weighted by Crippen LogP contribution is -3.26. The summed E-state index contributed by atoms with van der Waals surface area (Å²) >= 11 is 1.58. The average Bonchev–Trinajstić information content (AvgIpc) is 3.67. The number of nitrogens with one attached hydrogen (secondary N) is 4. The van der Waals surface area contributed by atoms with Gasteiger partial charge in [-0.05, 0) is 61.5 Å². The molecule has 3 fully saturated rings. The summed E-state index contributed by atoms with van der Waals surface area (Å²) in [5.41, 5.74) is 2.85. The molecule has 5 N–H and O–H groups in total. The molecule has 9 heteroatoms. The molecule has 6 atom stereocenters. The van der Waals surface area contributed by atoms with Crippen LogP contribution in [0.5, 0.6) is 0 Å². The first kappa shape index (κ1) is 28.8. The summed E-state index contributed by atoms with van der Waals surface area (Å²) < 4.78 is 0. The Morgan fingerprint density at radius 2 is 1.85 bits per heavy atom. The molecule has 2 amide bonds. The normalized spacial score (nSPS) is 33.8. The number of thiazole rings is 1. The molecule has 0 unspecified atom stereocenters. The second-order valence-corrected chi connectivity index (χ2v) is 14.9. The highest BCUT2D eigenvalue weighted by Gasteiger charge is 2.54. The second-order valence-electron chi connectivity index (χ2n) is 13.8. The van der Waals surface area contributed by atoms with Crippen molar-refractivity contribution in [2.45, 2.75) is 77.5 Å². The molecule has 4 aliphatic rings. The number of carbonyl (C=O) groups is 2. The maximum atomic E-state index is 13.1. The van der Waals surface area contributed by atoms with Crippen molar-refractivity contribution in [2.75, 3.05) is 38.5 Å². The van der Waals surface area contributed by atoms with Crippen LogP contribution in [0.15, 0.2) is 24.3 Å². The number of quaternary nitrogens is 2. The highest BCUT2D eigenvalue weighted by molar-refractivity contribution is 7.15. The van der Waals surface area contributed by atoms with Gasteiger partial charge in [-0.2, -0.15) is 0 Å². The van der Waals surface area contributed by atoms with Gasteiger partial charge in [0.2, 0.25) is 5.91 Å². The van der Waals surface area contributed by atoms with E-state index in [-0.39, 0.29) is 40.9 Å². The average molecular weight is 582 g/mol. The van der Waals surface area contributed by atoms with Crippen molar-refractivity contribution in [3.05, 3.63) is 46.0 Å². The molecule has 2 aromatic rings. The number of amides is 2. The number of benzene rings is 1. The van der Waals surface area contributed by atoms with E-state index in [1.54, 1.807) is 21.1 Å². The molecule has 0 spiro atoms. The van der Waals surface area contributed by atoms with E-state index in [1.165, 1.54) is 36.6 Å². The number of anilines is 1. The molecule has 2 saturated carbocycles. The topological polar surface area (TPSA) is 100 Å². The first-order valence-electron chi connectivity index (χ1n) is 15.6. The first-order chi connectivity index (χ1) is 19.6. The van der Waals surface area contributed by atoms with E-state index < -0.39 is 6.10 Å². The van der Waals surface area contributed by atoms with Gasteiger partial charge in [0, 0.05) is 33.9 Å². The molecule has 8 nitrogen and oxygen atoms in total. The number of carbonyl (C=O) groups excluding carboxylic acids is 2. The van der Waals surface area contributed by atoms with Crippen molar-refractivity contribution in [1.82, 2.24) is 10.3 Å². The number of nitrogens with zero attached hydrogens (tertiary/aromatic N) is 1. The number of hydrogen-bond acceptors (Lipinski definition) is 5. The SMILES string of the molecule is C[C@H](C(=O)NC1CC1)[C@H]1CC[C@@]2(C)Cc3sc(NC(=O)c4ccc(C[NH+]5CC[NH+](C)CC5)cc4)nc3[C@@H](C)[C@@H]2[C@H]1O. The molecule has 1 aromatic heterocycles. The van der Waals surface area contributed by atoms with Crippen molar-refractivity contribution in [3.8, 4) is 0 Å². The van der Waals surface area contributed by atoms with E-state index in [0.717, 1.165) is 44.3 Å². The number of aliphatic hydroxyl groups excluding tert-OH is 1. The van der Waals surface area contributed by atoms with Crippen molar-refractivity contribution in [2.24, 2.45) is 23.2 Å². The molecule has 1 aliphatic heterocycles. The number of fused-ring (bicyclic) bond motifs is 2. The molecular weight excluding hydrogens is 534 g/mol. The van der Waals surface area contributed by atoms with Gasteiger partial charge in [0.25, 0.3) is 5.91 Å². The molecule has 2 heterocycles. The third-order valence-electron chi connectivity index (χ3n) is 10.6. The van der Waals surface area contributed by atoms with Crippen molar-refractivity contribution in [1.29, 1.82) is 0 Å². The van der Waals surface area contributed by atoms with Crippen LogP contribution in [-0.4, -0.2) is 67.3 Å². The molecule has 222 valence electrons. The Kier molecular flexibility index (Phi) is 8.00. The highest BCUT2D eigenvalue weighted by atomic mass is 32.1. The third kappa shape index (κ3) is 5.96. The highest BCUT2D eigenvalue weighted by Crippen LogP contribution is 2.57. The number of aliphatic hydroxyl groups is 1. The van der Waals surface area contributed by atoms with Crippen molar-refractivity contribution >= 4 is 28.3 Å². The van der Waals surface area contributed by atoms with Gasteiger partial charge < -0.3 is 20.2 Å². The van der Waals surface area contributed by atoms with E-state index in [9.17, 15) is 14.7 Å². The Bertz CT molecular complexity index is 1270. The number of hydrogen-bond donors (Lipinski definition) is 5. The zero-order chi connectivity index (χ0) is 28.9. The molecule has 1 saturated heterocycles. The van der Waals surface area contributed by atoms with Crippen molar-refractivity contribution in [3.63, 3.8) is 0 Å². The van der Waals surface area contributed by atoms with Crippen LogP contribution in [0, 0.1) is 23.2 Å². The zero-order valence-corrected chi connectivity index (χ0v) is 25.8. The van der Waals surface area contributed by atoms with Gasteiger partial charge in [-0.25, -0.2) is 4.98 Å². The minimum absolute atomic E-state index is 0.0342. The minimum atomic E-state index is -0.552. The number of likely N-dealkylation sites (N-methyl/N-ethyl adjacent to an activating group) is 1. The molecule has 3 aliphatic carbocycles. The van der Waals surface area contributed by atoms with Crippen LogP contribution in [0.4, 0.5) is 5.13 Å². The van der Waals surface area contributed by atoms with E-state index in [2.05, 4.69) is 43.7 Å². The summed E-state index contributed by atoms with van der Waals surface area (Å²) in [7, 11) is 2.26. The van der Waals surface area contributed by atoms with Gasteiger partial charge in [0.1, 0.15) is 32.7 Å². The minimum Gasteiger partial charge on any atom is -0.392 e. The second kappa shape index (κ2) is 11.4. The summed E-state index contributed by atoms with van der Waals surface area (Å²) in [5, 5.41) is 18.5. The summed E-state index contributed by atoms with van der Waals surface area (Å²) in [6.45, 7) is 12.2. The molecule has 0 bridgehead atoms. The van der Waals surface area contributed by atoms with E-state index in [4.69, 9.17) is 4.98 Å². The van der Waals surface area contributed by atoms with Crippen LogP contribution >= 0.6 is 11.3 Å². The maximum Gasteiger partial charge on any atom is 0.257 e. The number of piperazine rings is 1. The number of aromatic nitrogens is 1. The third-order valence-corrected chi connectivity index (χ3v) is 11.6. The monoisotopic (exact) mass is 581 g/mol. The molecule has 1 aromatic carbocycles. The summed E-state index contributed by atoms with van der Waals surface area (Å²) in [5.74, 6) is -0.213. The Balaban J connectivity index is 1.11. The largest absolute Gasteiger partial charge is 0.392 e. The molecular formula is C32H47N5O3S+2. The van der Waals surface area contributed by atoms with Gasteiger partial charge >= 0.3 is 0 Å². The van der Waals surface area contributed by atoms with Crippen LogP contribution in [0.2, 0.25) is 0 Å². The van der Waals surface area contributed by atoms with E-state index in [1.807, 2.05) is 19.1 Å². The van der Waals surface area contributed by atoms with Crippen LogP contribution < -0.4 is 20.4 Å². The lowest BCUT2D eigenvalue weighted by Gasteiger charge is -2.53. The zero-order valence-electron chi connectivity index (χ0n) is 25.0. The van der Waals surface area contributed by atoms with Gasteiger partial charge in [0.15, 0.2) is 5.13 Å².